The first-order valence-corrected chi connectivity index (χ1v) is 6.48. The number of hydrogen-bond acceptors (Lipinski definition) is 6. The normalized spacial score (nSPS) is 10.8. The molecule has 1 amide bonds. The molecule has 0 aliphatic carbocycles. The van der Waals surface area contributed by atoms with Gasteiger partial charge in [0.1, 0.15) is 6.61 Å². The number of aromatic nitrogens is 2. The van der Waals surface area contributed by atoms with Gasteiger partial charge in [-0.2, -0.15) is 0 Å². The van der Waals surface area contributed by atoms with Crippen LogP contribution >= 0.6 is 23.1 Å². The Kier molecular flexibility index (Phi) is 6.30. The summed E-state index contributed by atoms with van der Waals surface area (Å²) in [5, 5.41) is 10.5. The van der Waals surface area contributed by atoms with Gasteiger partial charge in [-0.25, -0.2) is 8.78 Å². The van der Waals surface area contributed by atoms with Crippen molar-refractivity contribution in [2.45, 2.75) is 17.7 Å². The summed E-state index contributed by atoms with van der Waals surface area (Å²) in [6.45, 7) is 1.06. The molecule has 0 bridgehead atoms. The molecule has 0 saturated heterocycles. The lowest BCUT2D eigenvalue weighted by atomic mass is 10.7. The predicted octanol–water partition coefficient (Wildman–Crippen LogP) is 1.87. The number of halogens is 2. The fourth-order valence-electron chi connectivity index (χ4n) is 0.830. The second-order valence-electron chi connectivity index (χ2n) is 2.87. The van der Waals surface area contributed by atoms with E-state index in [-0.39, 0.29) is 12.5 Å². The van der Waals surface area contributed by atoms with E-state index >= 15 is 0 Å². The maximum atomic E-state index is 11.7. The summed E-state index contributed by atoms with van der Waals surface area (Å²) in [4.78, 5) is 10.7. The van der Waals surface area contributed by atoms with E-state index in [0.29, 0.717) is 15.2 Å². The van der Waals surface area contributed by atoms with Crippen molar-refractivity contribution >= 4 is 34.1 Å². The van der Waals surface area contributed by atoms with Crippen molar-refractivity contribution in [3.8, 4) is 0 Å². The molecule has 0 fully saturated rings. The van der Waals surface area contributed by atoms with E-state index in [4.69, 9.17) is 4.74 Å². The molecule has 0 spiro atoms. The van der Waals surface area contributed by atoms with Gasteiger partial charge in [-0.1, -0.05) is 23.1 Å². The van der Waals surface area contributed by atoms with Crippen LogP contribution in [0.4, 0.5) is 13.9 Å². The lowest BCUT2D eigenvalue weighted by molar-refractivity contribution is -0.114. The Balaban J connectivity index is 2.18. The molecule has 1 heterocycles. The van der Waals surface area contributed by atoms with Crippen molar-refractivity contribution in [2.24, 2.45) is 0 Å². The summed E-state index contributed by atoms with van der Waals surface area (Å²) in [7, 11) is 0. The van der Waals surface area contributed by atoms with E-state index in [1.807, 2.05) is 0 Å². The van der Waals surface area contributed by atoms with E-state index in [0.717, 1.165) is 0 Å². The molecule has 0 radical (unpaired) electrons. The van der Waals surface area contributed by atoms with Gasteiger partial charge in [-0.3, -0.25) is 4.79 Å². The molecule has 0 aromatic carbocycles. The number of carbonyl (C=O) groups excluding carboxylic acids is 1. The fraction of sp³-hybridized carbons (Fsp3) is 0.625. The number of nitrogens with zero attached hydrogens (tertiary/aromatic N) is 2. The Hall–Kier alpha value is -0.800. The Morgan fingerprint density at radius 3 is 3.00 bits per heavy atom. The summed E-state index contributed by atoms with van der Waals surface area (Å²) in [5.41, 5.74) is 0. The number of amides is 1. The summed E-state index contributed by atoms with van der Waals surface area (Å²) >= 11 is 2.57. The average Bonchev–Trinajstić information content (AvgIpc) is 2.63. The number of carbonyl (C=O) groups is 1. The third-order valence-corrected chi connectivity index (χ3v) is 3.32. The fourth-order valence-corrected chi connectivity index (χ4v) is 2.55. The molecule has 0 atom stereocenters. The van der Waals surface area contributed by atoms with E-state index in [1.54, 1.807) is 0 Å². The van der Waals surface area contributed by atoms with Crippen LogP contribution in [0.3, 0.4) is 0 Å². The standard InChI is InChI=1S/C8H11F2N3O2S2/c1-5(14)11-7-12-13-8(17-7)16-3-2-15-4-6(9)10/h6H,2-4H2,1H3,(H,11,12,14). The molecule has 1 rings (SSSR count). The minimum absolute atomic E-state index is 0.210. The number of rotatable bonds is 7. The van der Waals surface area contributed by atoms with Crippen molar-refractivity contribution in [3.63, 3.8) is 0 Å². The van der Waals surface area contributed by atoms with Gasteiger partial charge in [0.15, 0.2) is 4.34 Å². The summed E-state index contributed by atoms with van der Waals surface area (Å²) < 4.78 is 28.8. The number of anilines is 1. The van der Waals surface area contributed by atoms with E-state index in [2.05, 4.69) is 15.5 Å². The highest BCUT2D eigenvalue weighted by Gasteiger charge is 2.06. The zero-order valence-corrected chi connectivity index (χ0v) is 10.6. The molecule has 1 aromatic rings. The molecule has 17 heavy (non-hydrogen) atoms. The maximum Gasteiger partial charge on any atom is 0.261 e. The minimum Gasteiger partial charge on any atom is -0.375 e. The average molecular weight is 283 g/mol. The lowest BCUT2D eigenvalue weighted by Crippen LogP contribution is -2.06. The molecule has 1 aromatic heterocycles. The van der Waals surface area contributed by atoms with Gasteiger partial charge in [0, 0.05) is 12.7 Å². The zero-order chi connectivity index (χ0) is 12.7. The molecule has 5 nitrogen and oxygen atoms in total. The van der Waals surface area contributed by atoms with Gasteiger partial charge in [0.05, 0.1) is 6.61 Å². The zero-order valence-electron chi connectivity index (χ0n) is 8.98. The van der Waals surface area contributed by atoms with Crippen LogP contribution in [0.1, 0.15) is 6.92 Å². The highest BCUT2D eigenvalue weighted by molar-refractivity contribution is 8.01. The Labute approximate surface area is 105 Å². The Morgan fingerprint density at radius 1 is 1.59 bits per heavy atom. The molecule has 0 unspecified atom stereocenters. The van der Waals surface area contributed by atoms with Crippen LogP contribution in [0, 0.1) is 0 Å². The first kappa shape index (κ1) is 14.3. The van der Waals surface area contributed by atoms with Crippen LogP contribution in [-0.4, -0.2) is 41.5 Å². The SMILES string of the molecule is CC(=O)Nc1nnc(SCCOCC(F)F)s1. The van der Waals surface area contributed by atoms with Crippen molar-refractivity contribution in [3.05, 3.63) is 0 Å². The Bertz CT molecular complexity index is 362. The maximum absolute atomic E-state index is 11.7. The molecular formula is C8H11F2N3O2S2. The molecule has 9 heteroatoms. The van der Waals surface area contributed by atoms with Crippen LogP contribution in [0.15, 0.2) is 4.34 Å². The summed E-state index contributed by atoms with van der Waals surface area (Å²) in [5.74, 6) is 0.305. The highest BCUT2D eigenvalue weighted by atomic mass is 32.2. The smallest absolute Gasteiger partial charge is 0.261 e. The van der Waals surface area contributed by atoms with Crippen molar-refractivity contribution in [1.82, 2.24) is 10.2 Å². The second kappa shape index (κ2) is 7.51. The second-order valence-corrected chi connectivity index (χ2v) is 5.19. The minimum atomic E-state index is -2.44. The van der Waals surface area contributed by atoms with Crippen LogP contribution in [0.2, 0.25) is 0 Å². The van der Waals surface area contributed by atoms with Gasteiger partial charge >= 0.3 is 0 Å². The van der Waals surface area contributed by atoms with Crippen LogP contribution in [-0.2, 0) is 9.53 Å². The topological polar surface area (TPSA) is 64.1 Å². The van der Waals surface area contributed by atoms with Crippen molar-refractivity contribution < 1.29 is 18.3 Å². The van der Waals surface area contributed by atoms with Gasteiger partial charge in [-0.15, -0.1) is 10.2 Å². The van der Waals surface area contributed by atoms with E-state index < -0.39 is 13.0 Å². The number of ether oxygens (including phenoxy) is 1. The molecule has 0 saturated carbocycles. The molecule has 0 aliphatic rings. The number of nitrogens with one attached hydrogen (secondary N) is 1. The van der Waals surface area contributed by atoms with Gasteiger partial charge in [0.25, 0.3) is 6.43 Å². The van der Waals surface area contributed by atoms with Gasteiger partial charge in [0.2, 0.25) is 11.0 Å². The summed E-state index contributed by atoms with van der Waals surface area (Å²) in [6, 6.07) is 0. The van der Waals surface area contributed by atoms with Gasteiger partial charge in [-0.05, 0) is 0 Å². The molecular weight excluding hydrogens is 272 g/mol. The van der Waals surface area contributed by atoms with Crippen molar-refractivity contribution in [2.75, 3.05) is 24.3 Å². The first-order valence-electron chi connectivity index (χ1n) is 4.67. The summed E-state index contributed by atoms with van der Waals surface area (Å²) in [6.07, 6.45) is -2.44. The van der Waals surface area contributed by atoms with Crippen LogP contribution in [0.5, 0.6) is 0 Å². The highest BCUT2D eigenvalue weighted by Crippen LogP contribution is 2.25. The predicted molar refractivity (Wildman–Crippen MR) is 61.8 cm³/mol. The van der Waals surface area contributed by atoms with Gasteiger partial charge < -0.3 is 10.1 Å². The molecule has 96 valence electrons. The number of thioether (sulfide) groups is 1. The lowest BCUT2D eigenvalue weighted by Gasteiger charge is -2.00. The Morgan fingerprint density at radius 2 is 2.35 bits per heavy atom. The number of hydrogen-bond donors (Lipinski definition) is 1. The van der Waals surface area contributed by atoms with Crippen LogP contribution < -0.4 is 5.32 Å². The quantitative estimate of drug-likeness (QED) is 0.470. The largest absolute Gasteiger partial charge is 0.375 e. The first-order chi connectivity index (χ1) is 8.08. The number of alkyl halides is 2. The third-order valence-electron chi connectivity index (χ3n) is 1.39. The van der Waals surface area contributed by atoms with Crippen molar-refractivity contribution in [1.29, 1.82) is 0 Å². The van der Waals surface area contributed by atoms with E-state index in [1.165, 1.54) is 30.0 Å². The van der Waals surface area contributed by atoms with Crippen LogP contribution in [0.25, 0.3) is 0 Å². The molecule has 0 aliphatic heterocycles. The molecule has 1 N–H and O–H groups in total. The van der Waals surface area contributed by atoms with E-state index in [9.17, 15) is 13.6 Å². The monoisotopic (exact) mass is 283 g/mol. The third kappa shape index (κ3) is 6.49.